The van der Waals surface area contributed by atoms with Crippen LogP contribution in [-0.2, 0) is 6.54 Å². The van der Waals surface area contributed by atoms with Gasteiger partial charge in [0.05, 0.1) is 6.54 Å². The van der Waals surface area contributed by atoms with Crippen molar-refractivity contribution < 1.29 is 9.53 Å². The standard InChI is InChI=1S/C27H41NO2/c1-9-26(7)19(4)10-11-23-25(5,6)18(3)12-13-27(23,26)30-22-15-17(2)14-20-21(22)16-28(8)24(20)29/h14-15,18-19,23H,9-13,16H2,1-8H3. The number of fused-ring (bicyclic) bond motifs is 2. The predicted octanol–water partition coefficient (Wildman–Crippen LogP) is 6.62. The van der Waals surface area contributed by atoms with E-state index in [-0.39, 0.29) is 22.3 Å². The third kappa shape index (κ3) is 2.79. The molecular weight excluding hydrogens is 370 g/mol. The van der Waals surface area contributed by atoms with Gasteiger partial charge in [0, 0.05) is 29.5 Å². The first-order chi connectivity index (χ1) is 14.0. The molecule has 1 heterocycles. The Balaban J connectivity index is 1.88. The Kier molecular flexibility index (Phi) is 5.07. The van der Waals surface area contributed by atoms with Gasteiger partial charge in [-0.05, 0) is 74.0 Å². The molecule has 3 nitrogen and oxygen atoms in total. The van der Waals surface area contributed by atoms with Crippen LogP contribution in [0.2, 0.25) is 0 Å². The molecule has 1 aromatic carbocycles. The fourth-order valence-electron chi connectivity index (χ4n) is 7.19. The number of rotatable bonds is 3. The highest BCUT2D eigenvalue weighted by Gasteiger charge is 2.65. The molecule has 0 spiro atoms. The largest absolute Gasteiger partial charge is 0.486 e. The van der Waals surface area contributed by atoms with Crippen LogP contribution in [0, 0.1) is 35.5 Å². The molecule has 0 saturated heterocycles. The minimum atomic E-state index is -0.179. The van der Waals surface area contributed by atoms with Gasteiger partial charge >= 0.3 is 0 Å². The van der Waals surface area contributed by atoms with Crippen LogP contribution in [0.1, 0.15) is 95.1 Å². The Morgan fingerprint density at radius 3 is 2.47 bits per heavy atom. The summed E-state index contributed by atoms with van der Waals surface area (Å²) in [4.78, 5) is 14.5. The smallest absolute Gasteiger partial charge is 0.254 e. The third-order valence-electron chi connectivity index (χ3n) is 9.97. The second-order valence-corrected chi connectivity index (χ2v) is 11.5. The lowest BCUT2D eigenvalue weighted by Crippen LogP contribution is -2.67. The molecule has 0 aromatic heterocycles. The Bertz CT molecular complexity index is 859. The predicted molar refractivity (Wildman–Crippen MR) is 123 cm³/mol. The van der Waals surface area contributed by atoms with Gasteiger partial charge in [0.25, 0.3) is 5.91 Å². The second kappa shape index (κ2) is 7.00. The van der Waals surface area contributed by atoms with E-state index in [9.17, 15) is 4.79 Å². The van der Waals surface area contributed by atoms with E-state index in [1.165, 1.54) is 19.3 Å². The van der Waals surface area contributed by atoms with Gasteiger partial charge < -0.3 is 9.64 Å². The van der Waals surface area contributed by atoms with Gasteiger partial charge in [0.2, 0.25) is 0 Å². The topological polar surface area (TPSA) is 29.5 Å². The average Bonchev–Trinajstić information content (AvgIpc) is 2.97. The quantitative estimate of drug-likeness (QED) is 0.559. The number of carbonyl (C=O) groups is 1. The Hall–Kier alpha value is -1.51. The molecule has 166 valence electrons. The maximum atomic E-state index is 12.7. The van der Waals surface area contributed by atoms with E-state index in [0.717, 1.165) is 35.3 Å². The van der Waals surface area contributed by atoms with Crippen LogP contribution in [0.15, 0.2) is 12.1 Å². The van der Waals surface area contributed by atoms with Crippen molar-refractivity contribution in [2.75, 3.05) is 7.05 Å². The minimum Gasteiger partial charge on any atom is -0.486 e. The van der Waals surface area contributed by atoms with Gasteiger partial charge in [-0.1, -0.05) is 41.5 Å². The summed E-state index contributed by atoms with van der Waals surface area (Å²) in [6, 6.07) is 4.23. The number of carbonyl (C=O) groups excluding carboxylic acids is 1. The number of amides is 1. The van der Waals surface area contributed by atoms with E-state index >= 15 is 0 Å². The van der Waals surface area contributed by atoms with Crippen LogP contribution in [0.5, 0.6) is 5.75 Å². The van der Waals surface area contributed by atoms with Crippen molar-refractivity contribution in [3.8, 4) is 5.75 Å². The van der Waals surface area contributed by atoms with Gasteiger partial charge in [-0.15, -0.1) is 0 Å². The highest BCUT2D eigenvalue weighted by Crippen LogP contribution is 2.65. The molecule has 5 atom stereocenters. The van der Waals surface area contributed by atoms with E-state index in [1.54, 1.807) is 0 Å². The summed E-state index contributed by atoms with van der Waals surface area (Å²) >= 11 is 0. The summed E-state index contributed by atoms with van der Waals surface area (Å²) < 4.78 is 7.35. The van der Waals surface area contributed by atoms with E-state index < -0.39 is 0 Å². The van der Waals surface area contributed by atoms with E-state index in [1.807, 2.05) is 18.0 Å². The van der Waals surface area contributed by atoms with E-state index in [0.29, 0.717) is 24.3 Å². The lowest BCUT2D eigenvalue weighted by molar-refractivity contribution is -0.215. The Labute approximate surface area is 183 Å². The Morgan fingerprint density at radius 2 is 1.80 bits per heavy atom. The van der Waals surface area contributed by atoms with Crippen molar-refractivity contribution in [2.24, 2.45) is 28.6 Å². The molecule has 2 aliphatic carbocycles. The lowest BCUT2D eigenvalue weighted by Gasteiger charge is -2.65. The molecule has 1 aliphatic heterocycles. The second-order valence-electron chi connectivity index (χ2n) is 11.5. The summed E-state index contributed by atoms with van der Waals surface area (Å²) in [7, 11) is 1.90. The number of aryl methyl sites for hydroxylation is 1. The van der Waals surface area contributed by atoms with Crippen LogP contribution in [0.3, 0.4) is 0 Å². The van der Waals surface area contributed by atoms with Crippen molar-refractivity contribution in [2.45, 2.75) is 92.7 Å². The molecule has 30 heavy (non-hydrogen) atoms. The summed E-state index contributed by atoms with van der Waals surface area (Å²) in [5.41, 5.74) is 3.24. The highest BCUT2D eigenvalue weighted by atomic mass is 16.5. The number of ether oxygens (including phenoxy) is 1. The summed E-state index contributed by atoms with van der Waals surface area (Å²) in [6.45, 7) is 17.4. The highest BCUT2D eigenvalue weighted by molar-refractivity contribution is 5.99. The molecular formula is C27H41NO2. The zero-order valence-electron chi connectivity index (χ0n) is 20.4. The van der Waals surface area contributed by atoms with Gasteiger partial charge in [-0.2, -0.15) is 0 Å². The lowest BCUT2D eigenvalue weighted by atomic mass is 9.43. The molecule has 3 aliphatic rings. The molecule has 0 N–H and O–H groups in total. The summed E-state index contributed by atoms with van der Waals surface area (Å²) in [5.74, 6) is 2.95. The molecule has 0 bridgehead atoms. The van der Waals surface area contributed by atoms with E-state index in [2.05, 4.69) is 54.5 Å². The number of nitrogens with zero attached hydrogens (tertiary/aromatic N) is 1. The molecule has 0 radical (unpaired) electrons. The zero-order chi connectivity index (χ0) is 22.1. The maximum absolute atomic E-state index is 12.7. The number of hydrogen-bond donors (Lipinski definition) is 0. The summed E-state index contributed by atoms with van der Waals surface area (Å²) in [5, 5.41) is 0. The molecule has 2 saturated carbocycles. The summed E-state index contributed by atoms with van der Waals surface area (Å²) in [6.07, 6.45) is 5.97. The minimum absolute atomic E-state index is 0.123. The molecule has 3 heteroatoms. The van der Waals surface area contributed by atoms with Gasteiger partial charge in [-0.25, -0.2) is 0 Å². The fraction of sp³-hybridized carbons (Fsp3) is 0.741. The van der Waals surface area contributed by atoms with E-state index in [4.69, 9.17) is 4.74 Å². The Morgan fingerprint density at radius 1 is 1.10 bits per heavy atom. The van der Waals surface area contributed by atoms with Crippen LogP contribution in [0.4, 0.5) is 0 Å². The van der Waals surface area contributed by atoms with Crippen LogP contribution in [-0.4, -0.2) is 23.5 Å². The van der Waals surface area contributed by atoms with Crippen molar-refractivity contribution in [3.05, 3.63) is 28.8 Å². The number of hydrogen-bond acceptors (Lipinski definition) is 2. The maximum Gasteiger partial charge on any atom is 0.254 e. The van der Waals surface area contributed by atoms with Gasteiger partial charge in [0.15, 0.2) is 0 Å². The van der Waals surface area contributed by atoms with Crippen LogP contribution in [0.25, 0.3) is 0 Å². The fourth-order valence-corrected chi connectivity index (χ4v) is 7.19. The van der Waals surface area contributed by atoms with Crippen molar-refractivity contribution in [1.82, 2.24) is 4.90 Å². The SMILES string of the molecule is CCC1(C)C(C)CCC2C(C)(C)C(C)CCC21Oc1cc(C)cc2c1CN(C)C2=O. The van der Waals surface area contributed by atoms with Crippen molar-refractivity contribution in [3.63, 3.8) is 0 Å². The third-order valence-corrected chi connectivity index (χ3v) is 9.97. The average molecular weight is 412 g/mol. The van der Waals surface area contributed by atoms with Crippen molar-refractivity contribution >= 4 is 5.91 Å². The molecule has 5 unspecified atom stereocenters. The first kappa shape index (κ1) is 21.7. The molecule has 2 fully saturated rings. The zero-order valence-corrected chi connectivity index (χ0v) is 20.4. The van der Waals surface area contributed by atoms with Crippen molar-refractivity contribution in [1.29, 1.82) is 0 Å². The number of benzene rings is 1. The first-order valence-corrected chi connectivity index (χ1v) is 12.1. The normalized spacial score (nSPS) is 37.7. The first-order valence-electron chi connectivity index (χ1n) is 12.1. The van der Waals surface area contributed by atoms with Gasteiger partial charge in [-0.3, -0.25) is 4.79 Å². The van der Waals surface area contributed by atoms with Crippen LogP contribution >= 0.6 is 0 Å². The van der Waals surface area contributed by atoms with Crippen LogP contribution < -0.4 is 4.74 Å². The monoisotopic (exact) mass is 411 g/mol. The molecule has 1 aromatic rings. The molecule has 1 amide bonds. The van der Waals surface area contributed by atoms with Gasteiger partial charge in [0.1, 0.15) is 11.4 Å². The molecule has 4 rings (SSSR count).